The fourth-order valence-corrected chi connectivity index (χ4v) is 2.85. The number of carbonyl (C=O) groups is 1. The van der Waals surface area contributed by atoms with Gasteiger partial charge in [0.15, 0.2) is 0 Å². The summed E-state index contributed by atoms with van der Waals surface area (Å²) in [5, 5.41) is 5.76. The molecule has 4 N–H and O–H groups in total. The number of aromatic nitrogens is 3. The lowest BCUT2D eigenvalue weighted by molar-refractivity contribution is 0.102. The van der Waals surface area contributed by atoms with Gasteiger partial charge in [0, 0.05) is 36.4 Å². The summed E-state index contributed by atoms with van der Waals surface area (Å²) >= 11 is 0. The zero-order chi connectivity index (χ0) is 21.6. The van der Waals surface area contributed by atoms with Crippen LogP contribution >= 0.6 is 0 Å². The average molecular weight is 412 g/mol. The fourth-order valence-electron chi connectivity index (χ4n) is 2.85. The van der Waals surface area contributed by atoms with E-state index in [-0.39, 0.29) is 5.91 Å². The monoisotopic (exact) mass is 412 g/mol. The number of nitrogen functional groups attached to an aromatic ring is 1. The number of amides is 1. The number of benzene rings is 2. The van der Waals surface area contributed by atoms with Crippen LogP contribution in [-0.2, 0) is 0 Å². The quantitative estimate of drug-likeness (QED) is 0.406. The van der Waals surface area contributed by atoms with Crippen LogP contribution in [0.4, 0.5) is 17.3 Å². The molecule has 0 fully saturated rings. The van der Waals surface area contributed by atoms with E-state index in [4.69, 9.17) is 10.5 Å². The van der Waals surface area contributed by atoms with Gasteiger partial charge in [-0.2, -0.15) is 0 Å². The molecule has 0 spiro atoms. The Morgan fingerprint density at radius 3 is 2.45 bits per heavy atom. The summed E-state index contributed by atoms with van der Waals surface area (Å²) in [6.45, 7) is 0. The van der Waals surface area contributed by atoms with Gasteiger partial charge in [-0.25, -0.2) is 15.0 Å². The standard InChI is InChI=1S/C23H20N6O2/c1-25-23-27-14-12-20(29-23)19-3-2-13-26-22(19)31-18-10-8-17(9-11-18)28-21(30)15-4-6-16(24)7-5-15/h2-14H,24H2,1H3,(H,28,30)(H,25,27,29). The summed E-state index contributed by atoms with van der Waals surface area (Å²) in [5.41, 5.74) is 8.87. The first-order valence-electron chi connectivity index (χ1n) is 9.53. The Kier molecular flexibility index (Phi) is 5.70. The highest BCUT2D eigenvalue weighted by molar-refractivity contribution is 6.04. The number of nitrogens with zero attached hydrogens (tertiary/aromatic N) is 3. The minimum atomic E-state index is -0.218. The van der Waals surface area contributed by atoms with Gasteiger partial charge in [0.05, 0.1) is 11.3 Å². The second-order valence-electron chi connectivity index (χ2n) is 6.57. The van der Waals surface area contributed by atoms with Gasteiger partial charge >= 0.3 is 0 Å². The second-order valence-corrected chi connectivity index (χ2v) is 6.57. The van der Waals surface area contributed by atoms with Crippen LogP contribution in [0.15, 0.2) is 79.1 Å². The van der Waals surface area contributed by atoms with Gasteiger partial charge in [-0.3, -0.25) is 4.79 Å². The highest BCUT2D eigenvalue weighted by Gasteiger charge is 2.11. The van der Waals surface area contributed by atoms with Crippen LogP contribution in [0, 0.1) is 0 Å². The number of rotatable bonds is 6. The predicted octanol–water partition coefficient (Wildman–Crippen LogP) is 4.21. The first kappa shape index (κ1) is 19.8. The van der Waals surface area contributed by atoms with Crippen molar-refractivity contribution in [3.8, 4) is 22.9 Å². The molecule has 31 heavy (non-hydrogen) atoms. The topological polar surface area (TPSA) is 115 Å². The fraction of sp³-hybridized carbons (Fsp3) is 0.0435. The molecule has 4 rings (SSSR count). The summed E-state index contributed by atoms with van der Waals surface area (Å²) in [7, 11) is 1.76. The summed E-state index contributed by atoms with van der Waals surface area (Å²) in [6, 6.07) is 19.3. The van der Waals surface area contributed by atoms with Crippen molar-refractivity contribution in [2.24, 2.45) is 0 Å². The van der Waals surface area contributed by atoms with Crippen molar-refractivity contribution in [1.29, 1.82) is 0 Å². The first-order chi connectivity index (χ1) is 15.1. The van der Waals surface area contributed by atoms with E-state index >= 15 is 0 Å². The van der Waals surface area contributed by atoms with Crippen molar-refractivity contribution in [1.82, 2.24) is 15.0 Å². The van der Waals surface area contributed by atoms with Crippen LogP contribution < -0.4 is 21.1 Å². The molecule has 4 aromatic rings. The van der Waals surface area contributed by atoms with Crippen molar-refractivity contribution >= 4 is 23.2 Å². The third-order valence-corrected chi connectivity index (χ3v) is 4.43. The molecule has 0 aliphatic rings. The van der Waals surface area contributed by atoms with E-state index in [0.717, 1.165) is 5.56 Å². The molecule has 8 nitrogen and oxygen atoms in total. The lowest BCUT2D eigenvalue weighted by Crippen LogP contribution is -2.11. The Labute approximate surface area is 179 Å². The maximum atomic E-state index is 12.3. The molecule has 1 amide bonds. The summed E-state index contributed by atoms with van der Waals surface area (Å²) in [4.78, 5) is 25.3. The number of carbonyl (C=O) groups excluding carboxylic acids is 1. The van der Waals surface area contributed by atoms with Crippen molar-refractivity contribution in [3.05, 3.63) is 84.7 Å². The van der Waals surface area contributed by atoms with Gasteiger partial charge in [0.2, 0.25) is 11.8 Å². The van der Waals surface area contributed by atoms with Crippen LogP contribution in [0.5, 0.6) is 11.6 Å². The van der Waals surface area contributed by atoms with E-state index in [2.05, 4.69) is 25.6 Å². The van der Waals surface area contributed by atoms with E-state index in [1.807, 2.05) is 12.1 Å². The highest BCUT2D eigenvalue weighted by Crippen LogP contribution is 2.31. The van der Waals surface area contributed by atoms with Crippen molar-refractivity contribution in [2.45, 2.75) is 0 Å². The number of hydrogen-bond acceptors (Lipinski definition) is 7. The van der Waals surface area contributed by atoms with Crippen molar-refractivity contribution in [3.63, 3.8) is 0 Å². The molecule has 0 saturated heterocycles. The smallest absolute Gasteiger partial charge is 0.255 e. The molecule has 2 heterocycles. The number of nitrogens with one attached hydrogen (secondary N) is 2. The Morgan fingerprint density at radius 2 is 1.71 bits per heavy atom. The van der Waals surface area contributed by atoms with Gasteiger partial charge in [0.1, 0.15) is 5.75 Å². The molecule has 154 valence electrons. The Balaban J connectivity index is 1.49. The lowest BCUT2D eigenvalue weighted by Gasteiger charge is -2.11. The molecule has 0 bridgehead atoms. The SMILES string of the molecule is CNc1nccc(-c2cccnc2Oc2ccc(NC(=O)c3ccc(N)cc3)cc2)n1. The molecule has 0 aliphatic heterocycles. The molecule has 0 saturated carbocycles. The van der Waals surface area contributed by atoms with Gasteiger partial charge in [-0.05, 0) is 66.7 Å². The first-order valence-corrected chi connectivity index (χ1v) is 9.53. The highest BCUT2D eigenvalue weighted by atomic mass is 16.5. The largest absolute Gasteiger partial charge is 0.438 e. The summed E-state index contributed by atoms with van der Waals surface area (Å²) in [5.74, 6) is 1.29. The minimum Gasteiger partial charge on any atom is -0.438 e. The number of hydrogen-bond donors (Lipinski definition) is 3. The van der Waals surface area contributed by atoms with Gasteiger partial charge in [-0.15, -0.1) is 0 Å². The minimum absolute atomic E-state index is 0.218. The summed E-state index contributed by atoms with van der Waals surface area (Å²) in [6.07, 6.45) is 3.32. The number of ether oxygens (including phenoxy) is 1. The molecule has 0 aliphatic carbocycles. The maximum Gasteiger partial charge on any atom is 0.255 e. The van der Waals surface area contributed by atoms with Gasteiger partial charge < -0.3 is 21.1 Å². The normalized spacial score (nSPS) is 10.4. The molecule has 2 aromatic heterocycles. The number of pyridine rings is 1. The molecule has 0 atom stereocenters. The second kappa shape index (κ2) is 8.91. The van der Waals surface area contributed by atoms with Crippen LogP contribution in [0.3, 0.4) is 0 Å². The predicted molar refractivity (Wildman–Crippen MR) is 120 cm³/mol. The molecule has 8 heteroatoms. The van der Waals surface area contributed by atoms with E-state index in [0.29, 0.717) is 40.2 Å². The Bertz CT molecular complexity index is 1190. The molecule has 0 unspecified atom stereocenters. The van der Waals surface area contributed by atoms with Crippen molar-refractivity contribution in [2.75, 3.05) is 23.4 Å². The summed E-state index contributed by atoms with van der Waals surface area (Å²) < 4.78 is 5.98. The number of nitrogens with two attached hydrogens (primary N) is 1. The molecule has 2 aromatic carbocycles. The van der Waals surface area contributed by atoms with E-state index in [1.165, 1.54) is 0 Å². The third-order valence-electron chi connectivity index (χ3n) is 4.43. The van der Waals surface area contributed by atoms with E-state index in [9.17, 15) is 4.79 Å². The Morgan fingerprint density at radius 1 is 0.935 bits per heavy atom. The lowest BCUT2D eigenvalue weighted by atomic mass is 10.2. The van der Waals surface area contributed by atoms with Gasteiger partial charge in [-0.1, -0.05) is 0 Å². The Hall–Kier alpha value is -4.46. The maximum absolute atomic E-state index is 12.3. The third kappa shape index (κ3) is 4.76. The molecular weight excluding hydrogens is 392 g/mol. The van der Waals surface area contributed by atoms with Crippen LogP contribution in [-0.4, -0.2) is 27.9 Å². The molecular formula is C23H20N6O2. The van der Waals surface area contributed by atoms with E-state index < -0.39 is 0 Å². The van der Waals surface area contributed by atoms with Crippen molar-refractivity contribution < 1.29 is 9.53 Å². The zero-order valence-electron chi connectivity index (χ0n) is 16.7. The average Bonchev–Trinajstić information content (AvgIpc) is 2.81. The molecule has 0 radical (unpaired) electrons. The zero-order valence-corrected chi connectivity index (χ0v) is 16.7. The van der Waals surface area contributed by atoms with Crippen LogP contribution in [0.25, 0.3) is 11.3 Å². The van der Waals surface area contributed by atoms with Crippen LogP contribution in [0.1, 0.15) is 10.4 Å². The number of anilines is 3. The van der Waals surface area contributed by atoms with Gasteiger partial charge in [0.25, 0.3) is 5.91 Å². The van der Waals surface area contributed by atoms with Crippen LogP contribution in [0.2, 0.25) is 0 Å². The van der Waals surface area contributed by atoms with E-state index in [1.54, 1.807) is 74.0 Å².